The molecule has 2 nitrogen and oxygen atoms in total. The summed E-state index contributed by atoms with van der Waals surface area (Å²) in [6.45, 7) is 7.18. The quantitative estimate of drug-likeness (QED) is 0.307. The molecule has 0 N–H and O–H groups in total. The largest absolute Gasteiger partial charge is 0.454 e. The molecule has 0 atom stereocenters. The zero-order valence-corrected chi connectivity index (χ0v) is 20.2. The monoisotopic (exact) mass is 427 g/mol. The molecule has 1 heterocycles. The van der Waals surface area contributed by atoms with Crippen molar-refractivity contribution in [2.24, 2.45) is 0 Å². The summed E-state index contributed by atoms with van der Waals surface area (Å²) < 4.78 is 6.65. The molecule has 0 radical (unpaired) electrons. The minimum absolute atomic E-state index is 0.633. The second-order valence-electron chi connectivity index (χ2n) is 10.2. The van der Waals surface area contributed by atoms with Gasteiger partial charge >= 0.3 is 0 Å². The highest BCUT2D eigenvalue weighted by Gasteiger charge is 2.22. The lowest BCUT2D eigenvalue weighted by atomic mass is 9.83. The fourth-order valence-electron chi connectivity index (χ4n) is 5.15. The van der Waals surface area contributed by atoms with Gasteiger partial charge in [-0.1, -0.05) is 86.6 Å². The van der Waals surface area contributed by atoms with Gasteiger partial charge in [0.2, 0.25) is 0 Å². The third-order valence-electron chi connectivity index (χ3n) is 7.06. The van der Waals surface area contributed by atoms with E-state index in [9.17, 15) is 0 Å². The minimum Gasteiger partial charge on any atom is -0.454 e. The molecule has 0 aliphatic heterocycles. The van der Waals surface area contributed by atoms with Crippen molar-refractivity contribution in [1.29, 1.82) is 0 Å². The summed E-state index contributed by atoms with van der Waals surface area (Å²) in [6, 6.07) is 22.4. The van der Waals surface area contributed by atoms with Crippen molar-refractivity contribution in [2.45, 2.75) is 57.7 Å². The first kappa shape index (κ1) is 20.4. The lowest BCUT2D eigenvalue weighted by molar-refractivity contribution is 0.442. The maximum atomic E-state index is 6.65. The molecule has 1 aliphatic carbocycles. The van der Waals surface area contributed by atoms with Crippen molar-refractivity contribution in [3.63, 3.8) is 0 Å². The molecule has 1 saturated carbocycles. The van der Waals surface area contributed by atoms with E-state index in [0.29, 0.717) is 5.92 Å². The van der Waals surface area contributed by atoms with Gasteiger partial charge in [0.15, 0.2) is 5.58 Å². The number of nitrogens with zero attached hydrogens (tertiary/aromatic N) is 1. The average Bonchev–Trinajstić information content (AvgIpc) is 3.18. The Kier molecular flexibility index (Phi) is 5.17. The van der Waals surface area contributed by atoms with Crippen molar-refractivity contribution in [3.05, 3.63) is 66.2 Å². The number of furan rings is 1. The van der Waals surface area contributed by atoms with Crippen LogP contribution in [0.25, 0.3) is 21.9 Å². The normalized spacial score (nSPS) is 15.6. The number of para-hydroxylation sites is 2. The summed E-state index contributed by atoms with van der Waals surface area (Å²) in [5.74, 6) is 0.633. The Balaban J connectivity index is 1.59. The van der Waals surface area contributed by atoms with Crippen LogP contribution >= 0.6 is 0 Å². The van der Waals surface area contributed by atoms with Crippen LogP contribution in [0.15, 0.2) is 65.1 Å². The first-order chi connectivity index (χ1) is 14.9. The van der Waals surface area contributed by atoms with Crippen molar-refractivity contribution in [3.8, 4) is 0 Å². The van der Waals surface area contributed by atoms with Gasteiger partial charge < -0.3 is 9.32 Å². The van der Waals surface area contributed by atoms with E-state index in [1.54, 1.807) is 0 Å². The summed E-state index contributed by atoms with van der Waals surface area (Å²) in [5.41, 5.74) is 5.82. The number of fused-ring (bicyclic) bond motifs is 3. The van der Waals surface area contributed by atoms with E-state index in [-0.39, 0.29) is 0 Å². The Bertz CT molecular complexity index is 1210. The number of rotatable bonds is 4. The summed E-state index contributed by atoms with van der Waals surface area (Å²) in [5, 5.41) is 3.96. The van der Waals surface area contributed by atoms with Crippen LogP contribution in [0.4, 0.5) is 11.4 Å². The van der Waals surface area contributed by atoms with Crippen LogP contribution < -0.4 is 10.1 Å². The van der Waals surface area contributed by atoms with Gasteiger partial charge in [0.1, 0.15) is 5.58 Å². The molecule has 5 rings (SSSR count). The standard InChI is InChI=1S/C28H33NOSi/c1-29(21-16-18-22(19-17-21)31(2,3)4)26-15-9-14-25-24-13-8-12-23(27(24)30-28(25)26)20-10-6-5-7-11-20/h8-9,12-20H,5-7,10-11H2,1-4H3. The zero-order chi connectivity index (χ0) is 21.6. The third kappa shape index (κ3) is 3.69. The first-order valence-electron chi connectivity index (χ1n) is 11.7. The Labute approximate surface area is 186 Å². The van der Waals surface area contributed by atoms with Gasteiger partial charge in [0, 0.05) is 23.5 Å². The molecule has 3 aromatic carbocycles. The highest BCUT2D eigenvalue weighted by molar-refractivity contribution is 6.88. The molecule has 4 aromatic rings. The van der Waals surface area contributed by atoms with Crippen LogP contribution in [0.5, 0.6) is 0 Å². The molecule has 0 saturated heterocycles. The minimum atomic E-state index is -1.30. The summed E-state index contributed by atoms with van der Waals surface area (Å²) in [7, 11) is 0.850. The molecule has 0 unspecified atom stereocenters. The van der Waals surface area contributed by atoms with Gasteiger partial charge in [-0.15, -0.1) is 0 Å². The highest BCUT2D eigenvalue weighted by atomic mass is 28.3. The van der Waals surface area contributed by atoms with Crippen molar-refractivity contribution in [1.82, 2.24) is 0 Å². The van der Waals surface area contributed by atoms with Crippen LogP contribution in [-0.2, 0) is 0 Å². The van der Waals surface area contributed by atoms with Crippen LogP contribution in [0.3, 0.4) is 0 Å². The molecule has 1 aliphatic rings. The van der Waals surface area contributed by atoms with Crippen LogP contribution in [0.2, 0.25) is 19.6 Å². The average molecular weight is 428 g/mol. The first-order valence-corrected chi connectivity index (χ1v) is 15.2. The fraction of sp³-hybridized carbons (Fsp3) is 0.357. The third-order valence-corrected chi connectivity index (χ3v) is 9.13. The Hall–Kier alpha value is -2.52. The van der Waals surface area contributed by atoms with Crippen LogP contribution in [-0.4, -0.2) is 15.1 Å². The highest BCUT2D eigenvalue weighted by Crippen LogP contribution is 2.42. The van der Waals surface area contributed by atoms with Crippen molar-refractivity contribution >= 4 is 46.6 Å². The molecule has 3 heteroatoms. The Morgan fingerprint density at radius 3 is 2.10 bits per heavy atom. The SMILES string of the molecule is CN(c1ccc([Si](C)(C)C)cc1)c1cccc2c1oc1c(C3CCCCC3)cccc12. The molecule has 1 fully saturated rings. The van der Waals surface area contributed by atoms with Gasteiger partial charge in [-0.25, -0.2) is 0 Å². The van der Waals surface area contributed by atoms with Crippen LogP contribution in [0.1, 0.15) is 43.6 Å². The number of benzene rings is 3. The number of hydrogen-bond donors (Lipinski definition) is 0. The predicted octanol–water partition coefficient (Wildman–Crippen LogP) is 7.95. The molecular weight excluding hydrogens is 394 g/mol. The predicted molar refractivity (Wildman–Crippen MR) is 137 cm³/mol. The number of hydrogen-bond acceptors (Lipinski definition) is 2. The van der Waals surface area contributed by atoms with Gasteiger partial charge in [-0.2, -0.15) is 0 Å². The summed E-state index contributed by atoms with van der Waals surface area (Å²) >= 11 is 0. The molecule has 1 aromatic heterocycles. The van der Waals surface area contributed by atoms with Gasteiger partial charge in [-0.3, -0.25) is 0 Å². The molecule has 31 heavy (non-hydrogen) atoms. The summed E-state index contributed by atoms with van der Waals surface area (Å²) in [6.07, 6.45) is 6.61. The van der Waals surface area contributed by atoms with Crippen molar-refractivity contribution < 1.29 is 4.42 Å². The van der Waals surface area contributed by atoms with E-state index in [0.717, 1.165) is 16.9 Å². The van der Waals surface area contributed by atoms with Crippen molar-refractivity contribution in [2.75, 3.05) is 11.9 Å². The Morgan fingerprint density at radius 2 is 1.42 bits per heavy atom. The van der Waals surface area contributed by atoms with Crippen LogP contribution in [0, 0.1) is 0 Å². The van der Waals surface area contributed by atoms with E-state index in [4.69, 9.17) is 4.42 Å². The molecule has 0 amide bonds. The lowest BCUT2D eigenvalue weighted by Crippen LogP contribution is -2.37. The van der Waals surface area contributed by atoms with E-state index < -0.39 is 8.07 Å². The van der Waals surface area contributed by atoms with E-state index in [1.807, 2.05) is 0 Å². The van der Waals surface area contributed by atoms with Gasteiger partial charge in [-0.05, 0) is 42.5 Å². The molecule has 0 bridgehead atoms. The molecular formula is C28H33NOSi. The lowest BCUT2D eigenvalue weighted by Gasteiger charge is -2.22. The number of anilines is 2. The van der Waals surface area contributed by atoms with E-state index >= 15 is 0 Å². The maximum Gasteiger partial charge on any atom is 0.159 e. The topological polar surface area (TPSA) is 16.4 Å². The second kappa shape index (κ2) is 7.87. The van der Waals surface area contributed by atoms with E-state index in [1.165, 1.54) is 59.3 Å². The zero-order valence-electron chi connectivity index (χ0n) is 19.2. The van der Waals surface area contributed by atoms with Gasteiger partial charge in [0.25, 0.3) is 0 Å². The van der Waals surface area contributed by atoms with Gasteiger partial charge in [0.05, 0.1) is 13.8 Å². The summed E-state index contributed by atoms with van der Waals surface area (Å²) in [4.78, 5) is 2.26. The molecule has 160 valence electrons. The molecule has 0 spiro atoms. The van der Waals surface area contributed by atoms with E-state index in [2.05, 4.69) is 92.3 Å². The smallest absolute Gasteiger partial charge is 0.159 e. The fourth-order valence-corrected chi connectivity index (χ4v) is 6.32. The second-order valence-corrected chi connectivity index (χ2v) is 15.2. The maximum absolute atomic E-state index is 6.65. The Morgan fingerprint density at radius 1 is 0.774 bits per heavy atom.